The Kier molecular flexibility index (Phi) is 6.00. The zero-order chi connectivity index (χ0) is 21.8. The van der Waals surface area contributed by atoms with Gasteiger partial charge < -0.3 is 19.3 Å². The number of nitrogens with zero attached hydrogens (tertiary/aromatic N) is 3. The summed E-state index contributed by atoms with van der Waals surface area (Å²) in [5, 5.41) is 5.99. The molecule has 1 aliphatic rings. The van der Waals surface area contributed by atoms with Gasteiger partial charge in [0.15, 0.2) is 17.3 Å². The molecule has 0 radical (unpaired) electrons. The molecule has 0 atom stereocenters. The van der Waals surface area contributed by atoms with E-state index in [1.54, 1.807) is 20.8 Å². The van der Waals surface area contributed by atoms with Gasteiger partial charge >= 0.3 is 17.8 Å². The third-order valence-electron chi connectivity index (χ3n) is 4.04. The molecule has 1 aliphatic heterocycles. The number of rotatable bonds is 8. The number of aromatic nitrogens is 1. The lowest BCUT2D eigenvalue weighted by Crippen LogP contribution is -2.39. The highest BCUT2D eigenvalue weighted by Crippen LogP contribution is 2.34. The van der Waals surface area contributed by atoms with Crippen molar-refractivity contribution in [2.45, 2.75) is 20.8 Å². The topological polar surface area (TPSA) is 131 Å². The van der Waals surface area contributed by atoms with Crippen LogP contribution in [-0.2, 0) is 14.4 Å². The van der Waals surface area contributed by atoms with E-state index < -0.39 is 30.3 Å². The molecule has 0 aliphatic carbocycles. The SMILES string of the molecule is CCOc1ccc(N2C(=O)C(=O)N(CC(=O)Nc3cc(C)on3)C2=O)cc1OCC. The molecular formula is C19H20N4O7. The van der Waals surface area contributed by atoms with Gasteiger partial charge in [-0.25, -0.2) is 14.6 Å². The van der Waals surface area contributed by atoms with Crippen molar-refractivity contribution in [1.29, 1.82) is 0 Å². The van der Waals surface area contributed by atoms with E-state index in [0.29, 0.717) is 40.3 Å². The van der Waals surface area contributed by atoms with Gasteiger partial charge in [0.1, 0.15) is 12.3 Å². The van der Waals surface area contributed by atoms with Crippen molar-refractivity contribution < 1.29 is 33.2 Å². The van der Waals surface area contributed by atoms with Crippen LogP contribution in [0.5, 0.6) is 11.5 Å². The third kappa shape index (κ3) is 4.09. The van der Waals surface area contributed by atoms with Crippen LogP contribution in [0.4, 0.5) is 16.3 Å². The van der Waals surface area contributed by atoms with Gasteiger partial charge in [-0.15, -0.1) is 0 Å². The van der Waals surface area contributed by atoms with Gasteiger partial charge in [-0.05, 0) is 32.9 Å². The number of hydrogen-bond donors (Lipinski definition) is 1. The summed E-state index contributed by atoms with van der Waals surface area (Å²) in [7, 11) is 0. The first-order valence-corrected chi connectivity index (χ1v) is 9.18. The molecule has 5 amide bonds. The van der Waals surface area contributed by atoms with Crippen LogP contribution in [0.15, 0.2) is 28.8 Å². The molecule has 0 bridgehead atoms. The maximum atomic E-state index is 12.7. The van der Waals surface area contributed by atoms with Crippen molar-refractivity contribution >= 4 is 35.3 Å². The molecule has 158 valence electrons. The molecule has 30 heavy (non-hydrogen) atoms. The van der Waals surface area contributed by atoms with Crippen LogP contribution in [0.2, 0.25) is 0 Å². The maximum Gasteiger partial charge on any atom is 0.339 e. The van der Waals surface area contributed by atoms with Crippen molar-refractivity contribution in [3.05, 3.63) is 30.0 Å². The lowest BCUT2D eigenvalue weighted by molar-refractivity contribution is -0.140. The summed E-state index contributed by atoms with van der Waals surface area (Å²) in [6.07, 6.45) is 0. The van der Waals surface area contributed by atoms with Gasteiger partial charge in [0.2, 0.25) is 5.91 Å². The van der Waals surface area contributed by atoms with E-state index in [4.69, 9.17) is 14.0 Å². The monoisotopic (exact) mass is 416 g/mol. The van der Waals surface area contributed by atoms with Gasteiger partial charge in [0.05, 0.1) is 18.9 Å². The first kappa shape index (κ1) is 20.8. The highest BCUT2D eigenvalue weighted by molar-refractivity contribution is 6.53. The van der Waals surface area contributed by atoms with Crippen molar-refractivity contribution in [3.8, 4) is 11.5 Å². The molecule has 2 heterocycles. The van der Waals surface area contributed by atoms with Crippen LogP contribution in [0.3, 0.4) is 0 Å². The average molecular weight is 416 g/mol. The predicted octanol–water partition coefficient (Wildman–Crippen LogP) is 1.71. The number of imide groups is 2. The van der Waals surface area contributed by atoms with E-state index in [2.05, 4.69) is 10.5 Å². The minimum Gasteiger partial charge on any atom is -0.490 e. The first-order valence-electron chi connectivity index (χ1n) is 9.18. The van der Waals surface area contributed by atoms with Crippen LogP contribution in [0.1, 0.15) is 19.6 Å². The van der Waals surface area contributed by atoms with Crippen LogP contribution < -0.4 is 19.7 Å². The number of amides is 5. The van der Waals surface area contributed by atoms with Gasteiger partial charge in [0, 0.05) is 12.1 Å². The van der Waals surface area contributed by atoms with Crippen molar-refractivity contribution in [3.63, 3.8) is 0 Å². The quantitative estimate of drug-likeness (QED) is 0.508. The van der Waals surface area contributed by atoms with Crippen molar-refractivity contribution in [2.24, 2.45) is 0 Å². The fourth-order valence-electron chi connectivity index (χ4n) is 2.80. The molecule has 3 rings (SSSR count). The van der Waals surface area contributed by atoms with Crippen LogP contribution in [-0.4, -0.2) is 53.6 Å². The molecule has 1 N–H and O–H groups in total. The zero-order valence-corrected chi connectivity index (χ0v) is 16.6. The van der Waals surface area contributed by atoms with E-state index in [1.807, 2.05) is 0 Å². The minimum atomic E-state index is -1.11. The fraction of sp³-hybridized carbons (Fsp3) is 0.316. The summed E-state index contributed by atoms with van der Waals surface area (Å²) < 4.78 is 15.8. The molecular weight excluding hydrogens is 396 g/mol. The van der Waals surface area contributed by atoms with Gasteiger partial charge in [-0.1, -0.05) is 5.16 Å². The Balaban J connectivity index is 1.79. The summed E-state index contributed by atoms with van der Waals surface area (Å²) in [5.74, 6) is -1.53. The second-order valence-corrected chi connectivity index (χ2v) is 6.18. The Labute approximate surface area is 171 Å². The maximum absolute atomic E-state index is 12.7. The van der Waals surface area contributed by atoms with E-state index in [-0.39, 0.29) is 11.5 Å². The predicted molar refractivity (Wildman–Crippen MR) is 103 cm³/mol. The summed E-state index contributed by atoms with van der Waals surface area (Å²) in [4.78, 5) is 50.9. The fourth-order valence-corrected chi connectivity index (χ4v) is 2.80. The van der Waals surface area contributed by atoms with E-state index >= 15 is 0 Å². The van der Waals surface area contributed by atoms with Crippen LogP contribution >= 0.6 is 0 Å². The van der Waals surface area contributed by atoms with Crippen LogP contribution in [0.25, 0.3) is 0 Å². The Morgan fingerprint density at radius 2 is 1.77 bits per heavy atom. The third-order valence-corrected chi connectivity index (χ3v) is 4.04. The molecule has 1 fully saturated rings. The standard InChI is InChI=1S/C19H20N4O7/c1-4-28-13-7-6-12(9-14(13)29-5-2)23-18(26)17(25)22(19(23)27)10-16(24)20-15-8-11(3)30-21-15/h6-9H,4-5,10H2,1-3H3,(H,20,21,24). The number of benzene rings is 1. The Hall–Kier alpha value is -3.89. The summed E-state index contributed by atoms with van der Waals surface area (Å²) >= 11 is 0. The number of aryl methyl sites for hydroxylation is 1. The Morgan fingerprint density at radius 1 is 1.07 bits per heavy atom. The van der Waals surface area contributed by atoms with E-state index in [1.165, 1.54) is 24.3 Å². The normalized spacial score (nSPS) is 13.8. The van der Waals surface area contributed by atoms with Gasteiger partial charge in [-0.3, -0.25) is 14.4 Å². The smallest absolute Gasteiger partial charge is 0.339 e. The molecule has 11 heteroatoms. The number of urea groups is 1. The second kappa shape index (κ2) is 8.64. The van der Waals surface area contributed by atoms with Crippen LogP contribution in [0, 0.1) is 6.92 Å². The first-order chi connectivity index (χ1) is 14.3. The summed E-state index contributed by atoms with van der Waals surface area (Å²) in [5.41, 5.74) is 0.125. The number of carbonyl (C=O) groups excluding carboxylic acids is 4. The summed E-state index contributed by atoms with van der Waals surface area (Å²) in [6.45, 7) is 5.29. The number of ether oxygens (including phenoxy) is 2. The average Bonchev–Trinajstić information content (AvgIpc) is 3.20. The summed E-state index contributed by atoms with van der Waals surface area (Å²) in [6, 6.07) is 4.95. The van der Waals surface area contributed by atoms with E-state index in [0.717, 1.165) is 0 Å². The lowest BCUT2D eigenvalue weighted by atomic mass is 10.2. The number of carbonyl (C=O) groups is 4. The molecule has 0 unspecified atom stereocenters. The minimum absolute atomic E-state index is 0.125. The van der Waals surface area contributed by atoms with E-state index in [9.17, 15) is 19.2 Å². The molecule has 1 aromatic carbocycles. The molecule has 0 spiro atoms. The number of hydrogen-bond acceptors (Lipinski definition) is 8. The van der Waals surface area contributed by atoms with Crippen molar-refractivity contribution in [2.75, 3.05) is 30.0 Å². The lowest BCUT2D eigenvalue weighted by Gasteiger charge is -2.17. The largest absolute Gasteiger partial charge is 0.490 e. The Bertz CT molecular complexity index is 1000. The molecule has 1 saturated heterocycles. The second-order valence-electron chi connectivity index (χ2n) is 6.18. The molecule has 2 aromatic rings. The number of nitrogens with one attached hydrogen (secondary N) is 1. The molecule has 11 nitrogen and oxygen atoms in total. The van der Waals surface area contributed by atoms with Gasteiger partial charge in [0.25, 0.3) is 0 Å². The Morgan fingerprint density at radius 3 is 2.40 bits per heavy atom. The van der Waals surface area contributed by atoms with Crippen molar-refractivity contribution in [1.82, 2.24) is 10.1 Å². The van der Waals surface area contributed by atoms with Gasteiger partial charge in [-0.2, -0.15) is 0 Å². The molecule has 0 saturated carbocycles. The molecule has 1 aromatic heterocycles. The highest BCUT2D eigenvalue weighted by atomic mass is 16.5. The zero-order valence-electron chi connectivity index (χ0n) is 16.6. The number of anilines is 2. The highest BCUT2D eigenvalue weighted by Gasteiger charge is 2.46.